The lowest BCUT2D eigenvalue weighted by Crippen LogP contribution is -2.49. The van der Waals surface area contributed by atoms with E-state index >= 15 is 0 Å². The molecule has 0 radical (unpaired) electrons. The summed E-state index contributed by atoms with van der Waals surface area (Å²) in [6, 6.07) is 0. The Kier molecular flexibility index (Phi) is 1.98. The van der Waals surface area contributed by atoms with Gasteiger partial charge in [0.15, 0.2) is 0 Å². The number of carbonyl (C=O) groups excluding carboxylic acids is 1. The van der Waals surface area contributed by atoms with Gasteiger partial charge in [0.25, 0.3) is 0 Å². The molecule has 0 saturated heterocycles. The highest BCUT2D eigenvalue weighted by atomic mass is 16.5. The Labute approximate surface area is 85.3 Å². The third kappa shape index (κ3) is 1.20. The average Bonchev–Trinajstić information content (AvgIpc) is 2.06. The van der Waals surface area contributed by atoms with Crippen molar-refractivity contribution in [3.8, 4) is 0 Å². The maximum atomic E-state index is 10.9. The number of ether oxygens (including phenoxy) is 1. The van der Waals surface area contributed by atoms with E-state index in [0.29, 0.717) is 17.3 Å². The van der Waals surface area contributed by atoms with E-state index in [1.165, 1.54) is 18.9 Å². The van der Waals surface area contributed by atoms with Crippen LogP contribution in [0.3, 0.4) is 0 Å². The highest BCUT2D eigenvalue weighted by Gasteiger charge is 2.52. The molecule has 1 saturated carbocycles. The summed E-state index contributed by atoms with van der Waals surface area (Å²) in [4.78, 5) is 10.9. The third-order valence-corrected chi connectivity index (χ3v) is 4.13. The molecule has 2 unspecified atom stereocenters. The summed E-state index contributed by atoms with van der Waals surface area (Å²) >= 11 is 0. The molecule has 2 heteroatoms. The van der Waals surface area contributed by atoms with Gasteiger partial charge in [-0.25, -0.2) is 0 Å². The van der Waals surface area contributed by atoms with Gasteiger partial charge in [-0.15, -0.1) is 0 Å². The molecule has 1 fully saturated rings. The minimum absolute atomic E-state index is 0.182. The second-order valence-corrected chi connectivity index (χ2v) is 5.21. The van der Waals surface area contributed by atoms with E-state index in [-0.39, 0.29) is 5.97 Å². The van der Waals surface area contributed by atoms with Crippen molar-refractivity contribution in [2.24, 2.45) is 17.3 Å². The van der Waals surface area contributed by atoms with Crippen molar-refractivity contribution in [2.45, 2.75) is 40.5 Å². The quantitative estimate of drug-likeness (QED) is 0.600. The summed E-state index contributed by atoms with van der Waals surface area (Å²) < 4.78 is 5.24. The topological polar surface area (TPSA) is 26.3 Å². The van der Waals surface area contributed by atoms with Crippen LogP contribution in [0, 0.1) is 17.3 Å². The van der Waals surface area contributed by atoms with E-state index < -0.39 is 0 Å². The first-order valence-corrected chi connectivity index (χ1v) is 5.31. The van der Waals surface area contributed by atoms with Gasteiger partial charge in [-0.3, -0.25) is 4.79 Å². The van der Waals surface area contributed by atoms with Crippen LogP contribution in [0.2, 0.25) is 0 Å². The second kappa shape index (κ2) is 2.85. The van der Waals surface area contributed by atoms with Crippen LogP contribution >= 0.6 is 0 Å². The molecule has 78 valence electrons. The van der Waals surface area contributed by atoms with Crippen LogP contribution in [-0.2, 0) is 9.53 Å². The van der Waals surface area contributed by atoms with Crippen molar-refractivity contribution >= 4 is 5.97 Å². The van der Waals surface area contributed by atoms with E-state index in [2.05, 4.69) is 20.8 Å². The van der Waals surface area contributed by atoms with E-state index in [4.69, 9.17) is 4.74 Å². The van der Waals surface area contributed by atoms with E-state index in [1.54, 1.807) is 0 Å². The SMILES string of the molecule is CC(=O)OC1=C(C)C2CC(C1)C2(C)C. The van der Waals surface area contributed by atoms with Gasteiger partial charge >= 0.3 is 5.97 Å². The Hall–Kier alpha value is -0.790. The minimum Gasteiger partial charge on any atom is -0.431 e. The van der Waals surface area contributed by atoms with Crippen LogP contribution in [0.25, 0.3) is 0 Å². The fraction of sp³-hybridized carbons (Fsp3) is 0.750. The Bertz CT molecular complexity index is 312. The molecule has 3 aliphatic rings. The number of allylic oxidation sites excluding steroid dienone is 2. The molecule has 2 nitrogen and oxygen atoms in total. The lowest BCUT2D eigenvalue weighted by atomic mass is 9.48. The zero-order valence-electron chi connectivity index (χ0n) is 9.39. The van der Waals surface area contributed by atoms with Crippen LogP contribution in [0.15, 0.2) is 11.3 Å². The van der Waals surface area contributed by atoms with Gasteiger partial charge < -0.3 is 4.74 Å². The van der Waals surface area contributed by atoms with Crippen molar-refractivity contribution < 1.29 is 9.53 Å². The molecule has 0 N–H and O–H groups in total. The molecule has 2 bridgehead atoms. The number of carbonyl (C=O) groups is 1. The van der Waals surface area contributed by atoms with Gasteiger partial charge in [-0.05, 0) is 36.2 Å². The van der Waals surface area contributed by atoms with Gasteiger partial charge in [0, 0.05) is 13.3 Å². The summed E-state index contributed by atoms with van der Waals surface area (Å²) in [7, 11) is 0. The first-order chi connectivity index (χ1) is 6.43. The fourth-order valence-corrected chi connectivity index (χ4v) is 2.97. The number of rotatable bonds is 1. The molecule has 3 aliphatic carbocycles. The minimum atomic E-state index is -0.182. The predicted octanol–water partition coefficient (Wildman–Crippen LogP) is 2.89. The van der Waals surface area contributed by atoms with Gasteiger partial charge in [0.05, 0.1) is 0 Å². The standard InChI is InChI=1S/C12H18O2/c1-7-10-5-9(12(10,3)4)6-11(7)14-8(2)13/h9-10H,5-6H2,1-4H3. The molecule has 3 rings (SSSR count). The second-order valence-electron chi connectivity index (χ2n) is 5.21. The van der Waals surface area contributed by atoms with Crippen LogP contribution < -0.4 is 0 Å². The van der Waals surface area contributed by atoms with Gasteiger partial charge in [0.2, 0.25) is 0 Å². The zero-order valence-corrected chi connectivity index (χ0v) is 9.39. The Morgan fingerprint density at radius 3 is 2.57 bits per heavy atom. The van der Waals surface area contributed by atoms with E-state index in [0.717, 1.165) is 12.2 Å². The molecule has 0 aliphatic heterocycles. The van der Waals surface area contributed by atoms with Gasteiger partial charge in [0.1, 0.15) is 5.76 Å². The average molecular weight is 194 g/mol. The van der Waals surface area contributed by atoms with E-state index in [9.17, 15) is 4.79 Å². The molecule has 0 heterocycles. The molecule has 0 spiro atoms. The highest BCUT2D eigenvalue weighted by Crippen LogP contribution is 2.60. The third-order valence-electron chi connectivity index (χ3n) is 4.13. The normalized spacial score (nSPS) is 33.7. The van der Waals surface area contributed by atoms with Crippen LogP contribution in [-0.4, -0.2) is 5.97 Å². The Balaban J connectivity index is 2.22. The monoisotopic (exact) mass is 194 g/mol. The molecular formula is C12H18O2. The summed E-state index contributed by atoms with van der Waals surface area (Å²) in [6.07, 6.45) is 2.23. The number of hydrogen-bond acceptors (Lipinski definition) is 2. The fourth-order valence-electron chi connectivity index (χ4n) is 2.97. The van der Waals surface area contributed by atoms with Crippen molar-refractivity contribution in [3.05, 3.63) is 11.3 Å². The van der Waals surface area contributed by atoms with Crippen molar-refractivity contribution in [2.75, 3.05) is 0 Å². The first-order valence-electron chi connectivity index (χ1n) is 5.31. The maximum absolute atomic E-state index is 10.9. The van der Waals surface area contributed by atoms with Crippen LogP contribution in [0.1, 0.15) is 40.5 Å². The molecule has 0 aromatic rings. The summed E-state index contributed by atoms with van der Waals surface area (Å²) in [5.41, 5.74) is 1.72. The maximum Gasteiger partial charge on any atom is 0.307 e. The molecule has 2 atom stereocenters. The lowest BCUT2D eigenvalue weighted by Gasteiger charge is -2.56. The number of esters is 1. The zero-order chi connectivity index (χ0) is 10.5. The molecular weight excluding hydrogens is 176 g/mol. The predicted molar refractivity (Wildman–Crippen MR) is 54.5 cm³/mol. The molecule has 14 heavy (non-hydrogen) atoms. The summed E-state index contributed by atoms with van der Waals surface area (Å²) in [5, 5.41) is 0. The van der Waals surface area contributed by atoms with Gasteiger partial charge in [-0.1, -0.05) is 13.8 Å². The smallest absolute Gasteiger partial charge is 0.307 e. The van der Waals surface area contributed by atoms with Crippen LogP contribution in [0.5, 0.6) is 0 Å². The lowest BCUT2D eigenvalue weighted by molar-refractivity contribution is -0.139. The Morgan fingerprint density at radius 2 is 2.14 bits per heavy atom. The summed E-state index contributed by atoms with van der Waals surface area (Å²) in [5.74, 6) is 2.11. The number of fused-ring (bicyclic) bond motifs is 1. The largest absolute Gasteiger partial charge is 0.431 e. The molecule has 0 aromatic carbocycles. The van der Waals surface area contributed by atoms with Crippen LogP contribution in [0.4, 0.5) is 0 Å². The van der Waals surface area contributed by atoms with Crippen molar-refractivity contribution in [1.29, 1.82) is 0 Å². The number of hydrogen-bond donors (Lipinski definition) is 0. The van der Waals surface area contributed by atoms with Crippen molar-refractivity contribution in [3.63, 3.8) is 0 Å². The van der Waals surface area contributed by atoms with Crippen molar-refractivity contribution in [1.82, 2.24) is 0 Å². The highest BCUT2D eigenvalue weighted by molar-refractivity contribution is 5.67. The summed E-state index contributed by atoms with van der Waals surface area (Å²) in [6.45, 7) is 8.23. The first kappa shape index (κ1) is 9.75. The molecule has 0 aromatic heterocycles. The van der Waals surface area contributed by atoms with Gasteiger partial charge in [-0.2, -0.15) is 0 Å². The van der Waals surface area contributed by atoms with E-state index in [1.807, 2.05) is 0 Å². The Morgan fingerprint density at radius 1 is 1.50 bits per heavy atom. The molecule has 0 amide bonds.